The molecule has 1 atom stereocenters. The topological polar surface area (TPSA) is 49.9 Å². The molecule has 19 heavy (non-hydrogen) atoms. The van der Waals surface area contributed by atoms with E-state index in [4.69, 9.17) is 4.74 Å². The van der Waals surface area contributed by atoms with Gasteiger partial charge >= 0.3 is 0 Å². The van der Waals surface area contributed by atoms with E-state index in [9.17, 15) is 0 Å². The summed E-state index contributed by atoms with van der Waals surface area (Å²) in [5.74, 6) is 1.83. The van der Waals surface area contributed by atoms with E-state index in [1.165, 1.54) is 0 Å². The Bertz CT molecular complexity index is 482. The van der Waals surface area contributed by atoms with Crippen LogP contribution < -0.4 is 10.1 Å². The first-order valence-electron chi connectivity index (χ1n) is 6.80. The van der Waals surface area contributed by atoms with Crippen LogP contribution in [-0.4, -0.2) is 23.1 Å². The maximum atomic E-state index is 5.56. The molecule has 1 aromatic carbocycles. The second-order valence-electron chi connectivity index (χ2n) is 4.37. The quantitative estimate of drug-likeness (QED) is 0.804. The van der Waals surface area contributed by atoms with Crippen LogP contribution in [0, 0.1) is 0 Å². The lowest BCUT2D eigenvalue weighted by atomic mass is 10.1. The minimum Gasteiger partial charge on any atom is -0.494 e. The van der Waals surface area contributed by atoms with Crippen molar-refractivity contribution >= 4 is 0 Å². The summed E-state index contributed by atoms with van der Waals surface area (Å²) < 4.78 is 5.56. The van der Waals surface area contributed by atoms with Gasteiger partial charge in [-0.15, -0.1) is 0 Å². The summed E-state index contributed by atoms with van der Waals surface area (Å²) in [7, 11) is 0. The number of rotatable bonds is 7. The third kappa shape index (κ3) is 3.58. The van der Waals surface area contributed by atoms with Crippen molar-refractivity contribution in [2.45, 2.75) is 26.3 Å². The van der Waals surface area contributed by atoms with Crippen LogP contribution in [0.15, 0.2) is 36.7 Å². The number of nitrogens with zero attached hydrogens (tertiary/aromatic N) is 1. The van der Waals surface area contributed by atoms with Crippen molar-refractivity contribution in [3.8, 4) is 5.75 Å². The monoisotopic (exact) mass is 259 g/mol. The van der Waals surface area contributed by atoms with Crippen molar-refractivity contribution < 1.29 is 4.74 Å². The fourth-order valence-electron chi connectivity index (χ4n) is 2.05. The van der Waals surface area contributed by atoms with E-state index in [1.54, 1.807) is 6.20 Å². The van der Waals surface area contributed by atoms with E-state index in [2.05, 4.69) is 34.3 Å². The lowest BCUT2D eigenvalue weighted by molar-refractivity contribution is 0.339. The first kappa shape index (κ1) is 13.6. The van der Waals surface area contributed by atoms with Gasteiger partial charge in [0.05, 0.1) is 12.6 Å². The van der Waals surface area contributed by atoms with E-state index in [-0.39, 0.29) is 6.04 Å². The van der Waals surface area contributed by atoms with Crippen LogP contribution >= 0.6 is 0 Å². The van der Waals surface area contributed by atoms with Crippen LogP contribution in [0.2, 0.25) is 0 Å². The maximum absolute atomic E-state index is 5.56. The van der Waals surface area contributed by atoms with Crippen LogP contribution in [-0.2, 0) is 0 Å². The minimum absolute atomic E-state index is 0.0790. The van der Waals surface area contributed by atoms with Gasteiger partial charge in [0, 0.05) is 12.4 Å². The first-order chi connectivity index (χ1) is 9.35. The second-order valence-corrected chi connectivity index (χ2v) is 4.37. The summed E-state index contributed by atoms with van der Waals surface area (Å²) in [4.78, 5) is 7.54. The minimum atomic E-state index is 0.0790. The first-order valence-corrected chi connectivity index (χ1v) is 6.80. The third-order valence-corrected chi connectivity index (χ3v) is 2.89. The van der Waals surface area contributed by atoms with Gasteiger partial charge in [-0.1, -0.05) is 19.1 Å². The zero-order chi connectivity index (χ0) is 13.5. The number of nitrogens with one attached hydrogen (secondary N) is 2. The lowest BCUT2D eigenvalue weighted by Crippen LogP contribution is -2.24. The van der Waals surface area contributed by atoms with E-state index in [0.29, 0.717) is 6.61 Å². The molecule has 1 unspecified atom stereocenters. The number of H-pyrrole nitrogens is 1. The largest absolute Gasteiger partial charge is 0.494 e. The van der Waals surface area contributed by atoms with Crippen LogP contribution in [0.1, 0.15) is 37.7 Å². The SMILES string of the molecule is CCCNC(c1cccc(OCC)c1)c1ncc[nH]1. The Balaban J connectivity index is 2.24. The van der Waals surface area contributed by atoms with Crippen LogP contribution in [0.3, 0.4) is 0 Å². The lowest BCUT2D eigenvalue weighted by Gasteiger charge is -2.17. The number of hydrogen-bond acceptors (Lipinski definition) is 3. The van der Waals surface area contributed by atoms with Crippen LogP contribution in [0.25, 0.3) is 0 Å². The van der Waals surface area contributed by atoms with Crippen molar-refractivity contribution in [3.05, 3.63) is 48.0 Å². The van der Waals surface area contributed by atoms with E-state index >= 15 is 0 Å². The molecule has 2 rings (SSSR count). The zero-order valence-electron chi connectivity index (χ0n) is 11.5. The van der Waals surface area contributed by atoms with E-state index < -0.39 is 0 Å². The fourth-order valence-corrected chi connectivity index (χ4v) is 2.05. The molecular weight excluding hydrogens is 238 g/mol. The standard InChI is InChI=1S/C15H21N3O/c1-3-8-16-14(15-17-9-10-18-15)12-6-5-7-13(11-12)19-4-2/h5-7,9-11,14,16H,3-4,8H2,1-2H3,(H,17,18). The van der Waals surface area contributed by atoms with Crippen molar-refractivity contribution in [2.75, 3.05) is 13.2 Å². The van der Waals surface area contributed by atoms with Gasteiger partial charge in [-0.2, -0.15) is 0 Å². The predicted octanol–water partition coefficient (Wildman–Crippen LogP) is 2.90. The Morgan fingerprint density at radius 2 is 2.26 bits per heavy atom. The Kier molecular flexibility index (Phi) is 4.98. The molecule has 0 aliphatic rings. The number of aromatic nitrogens is 2. The van der Waals surface area contributed by atoms with Gasteiger partial charge in [-0.05, 0) is 37.6 Å². The molecule has 0 fully saturated rings. The van der Waals surface area contributed by atoms with Crippen LogP contribution in [0.4, 0.5) is 0 Å². The van der Waals surface area contributed by atoms with E-state index in [1.807, 2.05) is 25.3 Å². The van der Waals surface area contributed by atoms with Crippen molar-refractivity contribution in [1.82, 2.24) is 15.3 Å². The molecule has 102 valence electrons. The highest BCUT2D eigenvalue weighted by Gasteiger charge is 2.15. The predicted molar refractivity (Wildman–Crippen MR) is 76.3 cm³/mol. The fraction of sp³-hybridized carbons (Fsp3) is 0.400. The molecule has 4 nitrogen and oxygen atoms in total. The smallest absolute Gasteiger partial charge is 0.127 e. The Morgan fingerprint density at radius 1 is 1.37 bits per heavy atom. The molecule has 0 spiro atoms. The van der Waals surface area contributed by atoms with Gasteiger partial charge in [-0.25, -0.2) is 4.98 Å². The van der Waals surface area contributed by atoms with Crippen molar-refractivity contribution in [1.29, 1.82) is 0 Å². The normalized spacial score (nSPS) is 12.3. The highest BCUT2D eigenvalue weighted by molar-refractivity contribution is 5.33. The van der Waals surface area contributed by atoms with Gasteiger partial charge in [0.15, 0.2) is 0 Å². The number of hydrogen-bond donors (Lipinski definition) is 2. The highest BCUT2D eigenvalue weighted by Crippen LogP contribution is 2.23. The molecule has 0 saturated carbocycles. The molecule has 0 radical (unpaired) electrons. The Morgan fingerprint density at radius 3 is 2.95 bits per heavy atom. The van der Waals surface area contributed by atoms with Gasteiger partial charge in [0.2, 0.25) is 0 Å². The molecule has 4 heteroatoms. The molecule has 1 aromatic heterocycles. The van der Waals surface area contributed by atoms with Crippen molar-refractivity contribution in [3.63, 3.8) is 0 Å². The summed E-state index contributed by atoms with van der Waals surface area (Å²) in [5.41, 5.74) is 1.16. The second kappa shape index (κ2) is 6.95. The zero-order valence-corrected chi connectivity index (χ0v) is 11.5. The molecular formula is C15H21N3O. The van der Waals surface area contributed by atoms with E-state index in [0.717, 1.165) is 30.1 Å². The maximum Gasteiger partial charge on any atom is 0.127 e. The molecule has 2 N–H and O–H groups in total. The molecule has 0 amide bonds. The summed E-state index contributed by atoms with van der Waals surface area (Å²) >= 11 is 0. The Hall–Kier alpha value is -1.81. The van der Waals surface area contributed by atoms with Gasteiger partial charge in [0.1, 0.15) is 11.6 Å². The number of benzene rings is 1. The molecule has 0 aliphatic carbocycles. The summed E-state index contributed by atoms with van der Waals surface area (Å²) in [6.45, 7) is 5.77. The third-order valence-electron chi connectivity index (χ3n) is 2.89. The molecule has 0 aliphatic heterocycles. The highest BCUT2D eigenvalue weighted by atomic mass is 16.5. The molecule has 2 aromatic rings. The van der Waals surface area contributed by atoms with Gasteiger partial charge in [-0.3, -0.25) is 0 Å². The summed E-state index contributed by atoms with van der Waals surface area (Å²) in [5, 5.41) is 3.51. The van der Waals surface area contributed by atoms with Gasteiger partial charge < -0.3 is 15.0 Å². The van der Waals surface area contributed by atoms with Gasteiger partial charge in [0.25, 0.3) is 0 Å². The van der Waals surface area contributed by atoms with Crippen molar-refractivity contribution in [2.24, 2.45) is 0 Å². The summed E-state index contributed by atoms with van der Waals surface area (Å²) in [6.07, 6.45) is 4.72. The number of imidazole rings is 1. The number of aromatic amines is 1. The average Bonchev–Trinajstić information content (AvgIpc) is 2.94. The molecule has 0 saturated heterocycles. The average molecular weight is 259 g/mol. The number of ether oxygens (including phenoxy) is 1. The molecule has 0 bridgehead atoms. The Labute approximate surface area is 114 Å². The van der Waals surface area contributed by atoms with Crippen LogP contribution in [0.5, 0.6) is 5.75 Å². The summed E-state index contributed by atoms with van der Waals surface area (Å²) in [6, 6.07) is 8.24. The molecule has 1 heterocycles.